The summed E-state index contributed by atoms with van der Waals surface area (Å²) < 4.78 is 13.8. The standard InChI is InChI=1S/C14H17FN2O/c1-11-14(18)17(10-6-2-5-9-15)13-8-4-3-7-12(13)16-11/h3-4,7-8H,2,5-6,9-10H2,1H3. The maximum absolute atomic E-state index is 12.1. The van der Waals surface area contributed by atoms with E-state index < -0.39 is 0 Å². The van der Waals surface area contributed by atoms with E-state index >= 15 is 0 Å². The lowest BCUT2D eigenvalue weighted by Crippen LogP contribution is -2.24. The van der Waals surface area contributed by atoms with E-state index in [1.165, 1.54) is 0 Å². The summed E-state index contributed by atoms with van der Waals surface area (Å²) in [5, 5.41) is 0. The van der Waals surface area contributed by atoms with Crippen molar-refractivity contribution in [1.82, 2.24) is 9.55 Å². The summed E-state index contributed by atoms with van der Waals surface area (Å²) in [6, 6.07) is 7.61. The smallest absolute Gasteiger partial charge is 0.272 e. The van der Waals surface area contributed by atoms with E-state index in [0.29, 0.717) is 18.7 Å². The van der Waals surface area contributed by atoms with Gasteiger partial charge in [-0.2, -0.15) is 0 Å². The van der Waals surface area contributed by atoms with Crippen LogP contribution in [-0.2, 0) is 6.54 Å². The Morgan fingerprint density at radius 2 is 2.00 bits per heavy atom. The van der Waals surface area contributed by atoms with Crippen LogP contribution in [0.2, 0.25) is 0 Å². The lowest BCUT2D eigenvalue weighted by atomic mass is 10.2. The molecule has 18 heavy (non-hydrogen) atoms. The Hall–Kier alpha value is -1.71. The van der Waals surface area contributed by atoms with Crippen LogP contribution in [0.1, 0.15) is 25.0 Å². The summed E-state index contributed by atoms with van der Waals surface area (Å²) in [6.45, 7) is 2.07. The van der Waals surface area contributed by atoms with Gasteiger partial charge in [-0.25, -0.2) is 4.98 Å². The molecule has 0 atom stereocenters. The van der Waals surface area contributed by atoms with Crippen molar-refractivity contribution in [2.45, 2.75) is 32.7 Å². The summed E-state index contributed by atoms with van der Waals surface area (Å²) >= 11 is 0. The van der Waals surface area contributed by atoms with Gasteiger partial charge in [0.05, 0.1) is 17.7 Å². The van der Waals surface area contributed by atoms with Crippen LogP contribution in [0.4, 0.5) is 4.39 Å². The van der Waals surface area contributed by atoms with Crippen molar-refractivity contribution in [3.05, 3.63) is 40.3 Å². The molecular weight excluding hydrogens is 231 g/mol. The third kappa shape index (κ3) is 2.58. The highest BCUT2D eigenvalue weighted by molar-refractivity contribution is 5.74. The molecule has 0 unspecified atom stereocenters. The van der Waals surface area contributed by atoms with Crippen LogP contribution in [0.25, 0.3) is 11.0 Å². The van der Waals surface area contributed by atoms with Crippen LogP contribution in [0, 0.1) is 6.92 Å². The van der Waals surface area contributed by atoms with Crippen molar-refractivity contribution in [3.63, 3.8) is 0 Å². The largest absolute Gasteiger partial charge is 0.305 e. The first-order valence-electron chi connectivity index (χ1n) is 6.26. The SMILES string of the molecule is Cc1nc2ccccc2n(CCCCCF)c1=O. The molecule has 1 heterocycles. The molecule has 0 spiro atoms. The third-order valence-electron chi connectivity index (χ3n) is 3.03. The van der Waals surface area contributed by atoms with Gasteiger partial charge >= 0.3 is 0 Å². The molecule has 3 nitrogen and oxygen atoms in total. The van der Waals surface area contributed by atoms with Crippen molar-refractivity contribution < 1.29 is 4.39 Å². The van der Waals surface area contributed by atoms with Crippen molar-refractivity contribution in [2.24, 2.45) is 0 Å². The second-order valence-corrected chi connectivity index (χ2v) is 4.39. The Morgan fingerprint density at radius 3 is 2.78 bits per heavy atom. The van der Waals surface area contributed by atoms with Crippen molar-refractivity contribution in [3.8, 4) is 0 Å². The summed E-state index contributed by atoms with van der Waals surface area (Å²) in [5.41, 5.74) is 2.15. The summed E-state index contributed by atoms with van der Waals surface area (Å²) in [5.74, 6) is 0. The normalized spacial score (nSPS) is 11.0. The topological polar surface area (TPSA) is 34.9 Å². The van der Waals surface area contributed by atoms with Crippen LogP contribution in [-0.4, -0.2) is 16.2 Å². The van der Waals surface area contributed by atoms with Gasteiger partial charge in [-0.15, -0.1) is 0 Å². The minimum absolute atomic E-state index is 0.0473. The molecule has 0 aliphatic carbocycles. The van der Waals surface area contributed by atoms with Crippen molar-refractivity contribution in [2.75, 3.05) is 6.67 Å². The van der Waals surface area contributed by atoms with Gasteiger partial charge in [-0.3, -0.25) is 9.18 Å². The zero-order valence-corrected chi connectivity index (χ0v) is 10.5. The minimum Gasteiger partial charge on any atom is -0.305 e. The molecule has 4 heteroatoms. The molecule has 0 N–H and O–H groups in total. The molecule has 2 rings (SSSR count). The number of aryl methyl sites for hydroxylation is 2. The molecule has 2 aromatic rings. The predicted octanol–water partition coefficient (Wildman–Crippen LogP) is 2.84. The maximum Gasteiger partial charge on any atom is 0.272 e. The van der Waals surface area contributed by atoms with E-state index in [2.05, 4.69) is 4.98 Å². The Morgan fingerprint density at radius 1 is 1.22 bits per heavy atom. The molecule has 0 bridgehead atoms. The number of fused-ring (bicyclic) bond motifs is 1. The number of hydrogen-bond donors (Lipinski definition) is 0. The zero-order chi connectivity index (χ0) is 13.0. The molecule has 0 radical (unpaired) electrons. The highest BCUT2D eigenvalue weighted by Crippen LogP contribution is 2.11. The molecular formula is C14H17FN2O. The number of rotatable bonds is 5. The predicted molar refractivity (Wildman–Crippen MR) is 70.6 cm³/mol. The van der Waals surface area contributed by atoms with E-state index in [1.807, 2.05) is 24.3 Å². The second kappa shape index (κ2) is 5.76. The van der Waals surface area contributed by atoms with Crippen LogP contribution in [0.3, 0.4) is 0 Å². The van der Waals surface area contributed by atoms with E-state index in [0.717, 1.165) is 23.9 Å². The number of alkyl halides is 1. The first-order valence-corrected chi connectivity index (χ1v) is 6.26. The van der Waals surface area contributed by atoms with E-state index in [-0.39, 0.29) is 12.2 Å². The van der Waals surface area contributed by atoms with Crippen LogP contribution in [0.15, 0.2) is 29.1 Å². The van der Waals surface area contributed by atoms with Gasteiger partial charge in [0.2, 0.25) is 0 Å². The number of para-hydroxylation sites is 2. The second-order valence-electron chi connectivity index (χ2n) is 4.39. The lowest BCUT2D eigenvalue weighted by molar-refractivity contribution is 0.448. The van der Waals surface area contributed by atoms with Gasteiger partial charge < -0.3 is 4.57 Å². The van der Waals surface area contributed by atoms with Gasteiger partial charge in [0.15, 0.2) is 0 Å². The van der Waals surface area contributed by atoms with Crippen molar-refractivity contribution >= 4 is 11.0 Å². The fourth-order valence-corrected chi connectivity index (χ4v) is 2.08. The van der Waals surface area contributed by atoms with Gasteiger partial charge in [0.25, 0.3) is 5.56 Å². The summed E-state index contributed by atoms with van der Waals surface area (Å²) in [7, 11) is 0. The molecule has 0 amide bonds. The van der Waals surface area contributed by atoms with Gasteiger partial charge in [0.1, 0.15) is 5.69 Å². The van der Waals surface area contributed by atoms with Crippen LogP contribution in [0.5, 0.6) is 0 Å². The fourth-order valence-electron chi connectivity index (χ4n) is 2.08. The molecule has 0 saturated heterocycles. The zero-order valence-electron chi connectivity index (χ0n) is 10.5. The minimum atomic E-state index is -0.287. The Kier molecular flexibility index (Phi) is 4.07. The number of benzene rings is 1. The van der Waals surface area contributed by atoms with Gasteiger partial charge in [-0.05, 0) is 38.3 Å². The average molecular weight is 248 g/mol. The Bertz CT molecular complexity index is 592. The number of aromatic nitrogens is 2. The molecule has 0 aliphatic heterocycles. The van der Waals surface area contributed by atoms with E-state index in [1.54, 1.807) is 11.5 Å². The number of unbranched alkanes of at least 4 members (excludes halogenated alkanes) is 2. The summed E-state index contributed by atoms with van der Waals surface area (Å²) in [4.78, 5) is 16.4. The molecule has 0 aliphatic rings. The first kappa shape index (κ1) is 12.7. The number of nitrogens with zero attached hydrogens (tertiary/aromatic N) is 2. The number of hydrogen-bond acceptors (Lipinski definition) is 2. The average Bonchev–Trinajstić information content (AvgIpc) is 2.38. The number of halogens is 1. The fraction of sp³-hybridized carbons (Fsp3) is 0.429. The Labute approximate surface area is 105 Å². The maximum atomic E-state index is 12.1. The van der Waals surface area contributed by atoms with Crippen LogP contribution >= 0.6 is 0 Å². The Balaban J connectivity index is 2.35. The highest BCUT2D eigenvalue weighted by Gasteiger charge is 2.06. The molecule has 96 valence electrons. The first-order chi connectivity index (χ1) is 8.74. The van der Waals surface area contributed by atoms with Crippen LogP contribution < -0.4 is 5.56 Å². The monoisotopic (exact) mass is 248 g/mol. The quantitative estimate of drug-likeness (QED) is 0.763. The highest BCUT2D eigenvalue weighted by atomic mass is 19.1. The van der Waals surface area contributed by atoms with E-state index in [4.69, 9.17) is 0 Å². The molecule has 0 saturated carbocycles. The molecule has 0 fully saturated rings. The molecule has 1 aromatic heterocycles. The van der Waals surface area contributed by atoms with Gasteiger partial charge in [-0.1, -0.05) is 12.1 Å². The van der Waals surface area contributed by atoms with Gasteiger partial charge in [0, 0.05) is 6.54 Å². The third-order valence-corrected chi connectivity index (χ3v) is 3.03. The molecule has 1 aromatic carbocycles. The summed E-state index contributed by atoms with van der Waals surface area (Å²) in [6.07, 6.45) is 2.19. The van der Waals surface area contributed by atoms with Crippen molar-refractivity contribution in [1.29, 1.82) is 0 Å². The lowest BCUT2D eigenvalue weighted by Gasteiger charge is -2.10. The van der Waals surface area contributed by atoms with E-state index in [9.17, 15) is 9.18 Å².